The highest BCUT2D eigenvalue weighted by atomic mass is 19.1. The molecule has 1 rings (SSSR count). The Kier molecular flexibility index (Phi) is 4.57. The summed E-state index contributed by atoms with van der Waals surface area (Å²) in [5, 5.41) is 0. The van der Waals surface area contributed by atoms with Crippen molar-refractivity contribution >= 4 is 6.04 Å². The molecule has 0 saturated heterocycles. The maximum atomic E-state index is 13.4. The molecule has 0 aliphatic heterocycles. The van der Waals surface area contributed by atoms with Crippen molar-refractivity contribution in [3.8, 4) is 5.75 Å². The topological polar surface area (TPSA) is 26.3 Å². The molecule has 0 bridgehead atoms. The van der Waals surface area contributed by atoms with Gasteiger partial charge in [-0.15, -0.1) is 0 Å². The van der Waals surface area contributed by atoms with Crippen LogP contribution in [0.4, 0.5) is 8.78 Å². The third-order valence-corrected chi connectivity index (χ3v) is 3.16. The van der Waals surface area contributed by atoms with Gasteiger partial charge >= 0.3 is 6.04 Å². The van der Waals surface area contributed by atoms with Crippen LogP contribution in [-0.2, 0) is 10.8 Å². The molecule has 0 heterocycles. The number of rotatable bonds is 3. The van der Waals surface area contributed by atoms with Gasteiger partial charge in [0.2, 0.25) is 6.86 Å². The average molecular weight is 284 g/mol. The lowest BCUT2D eigenvalue weighted by molar-refractivity contribution is 0.0833. The van der Waals surface area contributed by atoms with Crippen molar-refractivity contribution < 1.29 is 18.3 Å². The minimum Gasteiger partial charge on any atom is -0.463 e. The number of hydrogen-bond donors (Lipinski definition) is 0. The number of ether oxygens (including phenoxy) is 1. The Morgan fingerprint density at radius 3 is 1.90 bits per heavy atom. The molecule has 1 aromatic rings. The first kappa shape index (κ1) is 16.6. The van der Waals surface area contributed by atoms with E-state index < -0.39 is 18.3 Å². The molecular formula is C16H22F2O2. The summed E-state index contributed by atoms with van der Waals surface area (Å²) in [5.74, 6) is 0.356. The lowest BCUT2D eigenvalue weighted by atomic mass is 9.79. The van der Waals surface area contributed by atoms with Gasteiger partial charge in [0, 0.05) is 5.56 Å². The fraction of sp³-hybridized carbons (Fsp3) is 0.562. The van der Waals surface area contributed by atoms with E-state index in [9.17, 15) is 13.6 Å². The van der Waals surface area contributed by atoms with Crippen LogP contribution in [0.5, 0.6) is 5.75 Å². The molecule has 0 fully saturated rings. The van der Waals surface area contributed by atoms with Gasteiger partial charge in [0.15, 0.2) is 0 Å². The van der Waals surface area contributed by atoms with Gasteiger partial charge in [-0.3, -0.25) is 4.79 Å². The fourth-order valence-corrected chi connectivity index (χ4v) is 2.13. The molecule has 0 amide bonds. The zero-order valence-electron chi connectivity index (χ0n) is 12.9. The van der Waals surface area contributed by atoms with Crippen LogP contribution in [0.2, 0.25) is 0 Å². The molecule has 0 atom stereocenters. The third kappa shape index (κ3) is 3.56. The van der Waals surface area contributed by atoms with Crippen molar-refractivity contribution in [3.63, 3.8) is 0 Å². The van der Waals surface area contributed by atoms with E-state index in [2.05, 4.69) is 0 Å². The van der Waals surface area contributed by atoms with E-state index in [1.54, 1.807) is 6.07 Å². The normalized spacial score (nSPS) is 12.4. The van der Waals surface area contributed by atoms with E-state index in [1.807, 2.05) is 41.5 Å². The number of halogens is 2. The van der Waals surface area contributed by atoms with Gasteiger partial charge in [0.1, 0.15) is 5.75 Å². The molecule has 4 heteroatoms. The second-order valence-electron chi connectivity index (χ2n) is 6.92. The van der Waals surface area contributed by atoms with Crippen molar-refractivity contribution in [3.05, 3.63) is 28.8 Å². The van der Waals surface area contributed by atoms with Gasteiger partial charge < -0.3 is 4.74 Å². The van der Waals surface area contributed by atoms with Crippen LogP contribution in [0.3, 0.4) is 0 Å². The summed E-state index contributed by atoms with van der Waals surface area (Å²) in [6.45, 7) is 10.3. The Balaban J connectivity index is 3.64. The number of carbonyl (C=O) groups excluding carboxylic acids is 1. The van der Waals surface area contributed by atoms with Crippen molar-refractivity contribution in [2.45, 2.75) is 52.4 Å². The summed E-state index contributed by atoms with van der Waals surface area (Å²) in [7, 11) is 0. The third-order valence-electron chi connectivity index (χ3n) is 3.16. The summed E-state index contributed by atoms with van der Waals surface area (Å²) < 4.78 is 31.0. The van der Waals surface area contributed by atoms with Gasteiger partial charge in [-0.2, -0.15) is 4.39 Å². The molecule has 0 saturated carbocycles. The first-order valence-corrected chi connectivity index (χ1v) is 6.56. The Labute approximate surface area is 119 Å². The summed E-state index contributed by atoms with van der Waals surface area (Å²) >= 11 is 0. The predicted octanol–water partition coefficient (Wildman–Crippen LogP) is 4.70. The Morgan fingerprint density at radius 1 is 1.05 bits per heavy atom. The van der Waals surface area contributed by atoms with Crippen molar-refractivity contribution in [2.24, 2.45) is 0 Å². The lowest BCUT2D eigenvalue weighted by Crippen LogP contribution is -2.20. The Hall–Kier alpha value is -1.45. The van der Waals surface area contributed by atoms with E-state index in [-0.39, 0.29) is 11.0 Å². The minimum atomic E-state index is -1.48. The van der Waals surface area contributed by atoms with Crippen LogP contribution < -0.4 is 4.74 Å². The second kappa shape index (κ2) is 5.51. The van der Waals surface area contributed by atoms with Gasteiger partial charge in [-0.25, -0.2) is 4.39 Å². The molecule has 0 aliphatic carbocycles. The van der Waals surface area contributed by atoms with Crippen LogP contribution in [0, 0.1) is 0 Å². The summed E-state index contributed by atoms with van der Waals surface area (Å²) in [6, 6.07) is 1.58. The highest BCUT2D eigenvalue weighted by Gasteiger charge is 2.28. The molecule has 0 unspecified atom stereocenters. The SMILES string of the molecule is CC(C)(C)c1cc(C(=O)F)c(C(C)(C)C)cc1OCF. The second-order valence-corrected chi connectivity index (χ2v) is 6.92. The summed E-state index contributed by atoms with van der Waals surface area (Å²) in [4.78, 5) is 11.3. The van der Waals surface area contributed by atoms with E-state index in [0.29, 0.717) is 16.9 Å². The highest BCUT2D eigenvalue weighted by molar-refractivity contribution is 5.91. The van der Waals surface area contributed by atoms with Crippen molar-refractivity contribution in [1.29, 1.82) is 0 Å². The molecule has 2 nitrogen and oxygen atoms in total. The first-order chi connectivity index (χ1) is 8.98. The molecule has 112 valence electrons. The molecule has 0 spiro atoms. The van der Waals surface area contributed by atoms with Crippen molar-refractivity contribution in [2.75, 3.05) is 6.86 Å². The maximum absolute atomic E-state index is 13.4. The van der Waals surface area contributed by atoms with Crippen molar-refractivity contribution in [1.82, 2.24) is 0 Å². The van der Waals surface area contributed by atoms with E-state index in [4.69, 9.17) is 4.74 Å². The number of benzene rings is 1. The standard InChI is InChI=1S/C16H22F2O2/c1-15(2,3)11-8-13(20-9-17)12(16(4,5)6)7-10(11)14(18)19/h7-8H,9H2,1-6H3. The molecule has 0 aromatic heterocycles. The van der Waals surface area contributed by atoms with Crippen LogP contribution in [0.1, 0.15) is 63.0 Å². The van der Waals surface area contributed by atoms with E-state index in [1.165, 1.54) is 6.07 Å². The number of carbonyl (C=O) groups is 1. The van der Waals surface area contributed by atoms with Crippen LogP contribution in [0.25, 0.3) is 0 Å². The average Bonchev–Trinajstić information content (AvgIpc) is 2.25. The molecular weight excluding hydrogens is 262 g/mol. The molecule has 20 heavy (non-hydrogen) atoms. The van der Waals surface area contributed by atoms with Gasteiger partial charge in [0.25, 0.3) is 0 Å². The quantitative estimate of drug-likeness (QED) is 0.752. The van der Waals surface area contributed by atoms with Gasteiger partial charge in [-0.1, -0.05) is 41.5 Å². The largest absolute Gasteiger partial charge is 0.463 e. The minimum absolute atomic E-state index is 0.0219. The lowest BCUT2D eigenvalue weighted by Gasteiger charge is -2.27. The number of alkyl halides is 1. The van der Waals surface area contributed by atoms with Gasteiger partial charge in [0.05, 0.1) is 5.56 Å². The Bertz CT molecular complexity index is 508. The first-order valence-electron chi connectivity index (χ1n) is 6.56. The summed E-state index contributed by atoms with van der Waals surface area (Å²) in [5.41, 5.74) is 0.326. The predicted molar refractivity (Wildman–Crippen MR) is 75.9 cm³/mol. The smallest absolute Gasteiger partial charge is 0.332 e. The zero-order chi connectivity index (χ0) is 15.7. The fourth-order valence-electron chi connectivity index (χ4n) is 2.13. The monoisotopic (exact) mass is 284 g/mol. The maximum Gasteiger partial charge on any atom is 0.332 e. The Morgan fingerprint density at radius 2 is 1.55 bits per heavy atom. The summed E-state index contributed by atoms with van der Waals surface area (Å²) in [6.07, 6.45) is 0. The van der Waals surface area contributed by atoms with Gasteiger partial charge in [-0.05, 0) is 28.5 Å². The van der Waals surface area contributed by atoms with E-state index >= 15 is 0 Å². The van der Waals surface area contributed by atoms with Crippen LogP contribution in [-0.4, -0.2) is 12.9 Å². The van der Waals surface area contributed by atoms with Crippen LogP contribution in [0.15, 0.2) is 12.1 Å². The highest BCUT2D eigenvalue weighted by Crippen LogP contribution is 2.38. The molecule has 0 N–H and O–H groups in total. The molecule has 0 aliphatic rings. The molecule has 1 aromatic carbocycles. The van der Waals surface area contributed by atoms with Crippen LogP contribution >= 0.6 is 0 Å². The molecule has 0 radical (unpaired) electrons. The zero-order valence-corrected chi connectivity index (χ0v) is 12.9. The number of hydrogen-bond acceptors (Lipinski definition) is 2. The van der Waals surface area contributed by atoms with E-state index in [0.717, 1.165) is 0 Å².